The molecule has 236 valence electrons. The van der Waals surface area contributed by atoms with Crippen molar-refractivity contribution in [3.63, 3.8) is 0 Å². The van der Waals surface area contributed by atoms with Crippen LogP contribution in [0.1, 0.15) is 39.7 Å². The van der Waals surface area contributed by atoms with E-state index in [1.54, 1.807) is 30.3 Å². The van der Waals surface area contributed by atoms with Gasteiger partial charge in [0, 0.05) is 27.7 Å². The van der Waals surface area contributed by atoms with Crippen molar-refractivity contribution in [1.82, 2.24) is 10.6 Å². The Bertz CT molecular complexity index is 1170. The van der Waals surface area contributed by atoms with Gasteiger partial charge in [0.05, 0.1) is 13.5 Å². The number of ether oxygens (including phenoxy) is 7. The Morgan fingerprint density at radius 1 is 0.791 bits per heavy atom. The number of hydrogen-bond donors (Lipinski definition) is 2. The van der Waals surface area contributed by atoms with Gasteiger partial charge in [-0.3, -0.25) is 24.0 Å². The van der Waals surface area contributed by atoms with Crippen molar-refractivity contribution in [3.8, 4) is 0 Å². The summed E-state index contributed by atoms with van der Waals surface area (Å²) >= 11 is 0. The number of esters is 5. The van der Waals surface area contributed by atoms with E-state index in [0.717, 1.165) is 34.8 Å². The SMILES string of the molecule is COC(=O)[C@H](CC(=O)N[C@@H]1O[C@H](COC(C)=O)[C@@H](OC(C)=O)[C@H](OC(C)=O)[C@H]1OC(C)=O)NC(=O)OCc1ccccc1. The monoisotopic (exact) mass is 610 g/mol. The molecule has 0 spiro atoms. The number of nitrogens with one attached hydrogen (secondary N) is 2. The molecular weight excluding hydrogens is 576 g/mol. The van der Waals surface area contributed by atoms with E-state index in [1.807, 2.05) is 0 Å². The van der Waals surface area contributed by atoms with Crippen molar-refractivity contribution >= 4 is 41.8 Å². The highest BCUT2D eigenvalue weighted by Crippen LogP contribution is 2.28. The van der Waals surface area contributed by atoms with Crippen LogP contribution in [0.15, 0.2) is 30.3 Å². The fraction of sp³-hybridized carbons (Fsp3) is 0.519. The quantitative estimate of drug-likeness (QED) is 0.237. The van der Waals surface area contributed by atoms with Gasteiger partial charge in [-0.2, -0.15) is 0 Å². The predicted octanol–water partition coefficient (Wildman–Crippen LogP) is 0.0438. The number of rotatable bonds is 12. The van der Waals surface area contributed by atoms with Crippen molar-refractivity contribution in [1.29, 1.82) is 0 Å². The van der Waals surface area contributed by atoms with Gasteiger partial charge in [-0.1, -0.05) is 30.3 Å². The average Bonchev–Trinajstić information content (AvgIpc) is 2.93. The summed E-state index contributed by atoms with van der Waals surface area (Å²) in [6.45, 7) is 3.63. The molecule has 1 fully saturated rings. The Balaban J connectivity index is 2.26. The summed E-state index contributed by atoms with van der Waals surface area (Å²) in [5.41, 5.74) is 0.675. The van der Waals surface area contributed by atoms with Gasteiger partial charge in [0.2, 0.25) is 5.91 Å². The van der Waals surface area contributed by atoms with Crippen molar-refractivity contribution < 1.29 is 66.7 Å². The van der Waals surface area contributed by atoms with Gasteiger partial charge in [-0.25, -0.2) is 9.59 Å². The predicted molar refractivity (Wildman–Crippen MR) is 140 cm³/mol. The molecule has 0 aromatic heterocycles. The van der Waals surface area contributed by atoms with Crippen LogP contribution in [-0.2, 0) is 68.5 Å². The highest BCUT2D eigenvalue weighted by Gasteiger charge is 2.52. The molecule has 6 atom stereocenters. The maximum atomic E-state index is 13.1. The van der Waals surface area contributed by atoms with Crippen LogP contribution in [0.25, 0.3) is 0 Å². The minimum absolute atomic E-state index is 0.114. The van der Waals surface area contributed by atoms with Crippen LogP contribution in [0.2, 0.25) is 0 Å². The van der Waals surface area contributed by atoms with Crippen LogP contribution in [0, 0.1) is 0 Å². The Kier molecular flexibility index (Phi) is 13.3. The molecule has 43 heavy (non-hydrogen) atoms. The molecule has 1 heterocycles. The molecule has 0 saturated carbocycles. The second kappa shape index (κ2) is 16.6. The first kappa shape index (κ1) is 34.5. The summed E-state index contributed by atoms with van der Waals surface area (Å²) in [5, 5.41) is 4.65. The summed E-state index contributed by atoms with van der Waals surface area (Å²) in [6, 6.07) is 7.18. The second-order valence-corrected chi connectivity index (χ2v) is 9.17. The average molecular weight is 611 g/mol. The molecule has 0 radical (unpaired) electrons. The molecule has 2 rings (SSSR count). The molecule has 2 amide bonds. The number of alkyl carbamates (subject to hydrolysis) is 1. The van der Waals surface area contributed by atoms with Crippen molar-refractivity contribution in [3.05, 3.63) is 35.9 Å². The van der Waals surface area contributed by atoms with Gasteiger partial charge < -0.3 is 43.8 Å². The molecule has 0 unspecified atom stereocenters. The maximum absolute atomic E-state index is 13.1. The number of hydrogen-bond acceptors (Lipinski definition) is 14. The van der Waals surface area contributed by atoms with Gasteiger partial charge in [-0.05, 0) is 5.56 Å². The van der Waals surface area contributed by atoms with Gasteiger partial charge in [-0.15, -0.1) is 0 Å². The third-order valence-corrected chi connectivity index (χ3v) is 5.67. The number of carbonyl (C=O) groups excluding carboxylic acids is 7. The maximum Gasteiger partial charge on any atom is 0.408 e. The minimum Gasteiger partial charge on any atom is -0.467 e. The third kappa shape index (κ3) is 11.6. The van der Waals surface area contributed by atoms with Gasteiger partial charge in [0.1, 0.15) is 25.4 Å². The lowest BCUT2D eigenvalue weighted by Gasteiger charge is -2.44. The topological polar surface area (TPSA) is 208 Å². The molecule has 1 aliphatic rings. The molecule has 1 saturated heterocycles. The Morgan fingerprint density at radius 3 is 1.93 bits per heavy atom. The normalized spacial score (nSPS) is 21.7. The van der Waals surface area contributed by atoms with Crippen molar-refractivity contribution in [2.75, 3.05) is 13.7 Å². The van der Waals surface area contributed by atoms with Crippen LogP contribution in [0.5, 0.6) is 0 Å². The molecule has 2 N–H and O–H groups in total. The first-order chi connectivity index (χ1) is 20.3. The van der Waals surface area contributed by atoms with Crippen LogP contribution in [0.4, 0.5) is 4.79 Å². The van der Waals surface area contributed by atoms with Crippen LogP contribution in [0.3, 0.4) is 0 Å². The lowest BCUT2D eigenvalue weighted by atomic mass is 9.97. The lowest BCUT2D eigenvalue weighted by Crippen LogP contribution is -2.66. The second-order valence-electron chi connectivity index (χ2n) is 9.17. The number of carbonyl (C=O) groups is 7. The lowest BCUT2D eigenvalue weighted by molar-refractivity contribution is -0.257. The first-order valence-corrected chi connectivity index (χ1v) is 13.0. The number of methoxy groups -OCH3 is 1. The van der Waals surface area contributed by atoms with E-state index in [1.165, 1.54) is 0 Å². The fourth-order valence-corrected chi connectivity index (χ4v) is 3.99. The van der Waals surface area contributed by atoms with Gasteiger partial charge >= 0.3 is 35.9 Å². The zero-order chi connectivity index (χ0) is 32.1. The number of benzene rings is 1. The van der Waals surface area contributed by atoms with E-state index in [0.29, 0.717) is 5.56 Å². The molecule has 0 bridgehead atoms. The van der Waals surface area contributed by atoms with Crippen LogP contribution >= 0.6 is 0 Å². The van der Waals surface area contributed by atoms with Gasteiger partial charge in [0.15, 0.2) is 24.5 Å². The van der Waals surface area contributed by atoms with Crippen LogP contribution < -0.4 is 10.6 Å². The Morgan fingerprint density at radius 2 is 1.37 bits per heavy atom. The summed E-state index contributed by atoms with van der Waals surface area (Å²) in [7, 11) is 1.05. The highest BCUT2D eigenvalue weighted by molar-refractivity contribution is 5.88. The highest BCUT2D eigenvalue weighted by atomic mass is 16.7. The molecule has 16 heteroatoms. The van der Waals surface area contributed by atoms with Crippen LogP contribution in [-0.4, -0.2) is 92.2 Å². The summed E-state index contributed by atoms with van der Waals surface area (Å²) in [4.78, 5) is 85.0. The molecule has 1 aromatic carbocycles. The van der Waals surface area contributed by atoms with E-state index >= 15 is 0 Å². The molecule has 0 aliphatic carbocycles. The molecular formula is C27H34N2O14. The van der Waals surface area contributed by atoms with Crippen molar-refractivity contribution in [2.45, 2.75) is 77.4 Å². The largest absolute Gasteiger partial charge is 0.467 e. The fourth-order valence-electron chi connectivity index (χ4n) is 3.99. The smallest absolute Gasteiger partial charge is 0.408 e. The van der Waals surface area contributed by atoms with E-state index in [9.17, 15) is 33.6 Å². The van der Waals surface area contributed by atoms with Crippen molar-refractivity contribution in [2.24, 2.45) is 0 Å². The number of amides is 2. The van der Waals surface area contributed by atoms with Gasteiger partial charge in [0.25, 0.3) is 0 Å². The Labute approximate surface area is 246 Å². The molecule has 16 nitrogen and oxygen atoms in total. The Hall–Kier alpha value is -4.73. The zero-order valence-corrected chi connectivity index (χ0v) is 24.2. The zero-order valence-electron chi connectivity index (χ0n) is 24.2. The summed E-state index contributed by atoms with van der Waals surface area (Å²) in [6.07, 6.45) is -9.11. The minimum atomic E-state index is -1.57. The van der Waals surface area contributed by atoms with E-state index in [2.05, 4.69) is 15.4 Å². The summed E-state index contributed by atoms with van der Waals surface area (Å²) < 4.78 is 36.4. The summed E-state index contributed by atoms with van der Waals surface area (Å²) in [5.74, 6) is -5.17. The standard InChI is InChI=1S/C27H34N2O14/c1-14(30)38-13-20-22(40-15(2)31)23(41-16(3)32)24(42-17(4)33)25(43-20)29-21(34)11-19(26(35)37-5)28-27(36)39-12-18-9-7-6-8-10-18/h6-10,19-20,22-25H,11-13H2,1-5H3,(H,28,36)(H,29,34)/t19-,20+,22+,23-,24+,25+/m0/s1. The first-order valence-electron chi connectivity index (χ1n) is 13.0. The molecule has 1 aliphatic heterocycles. The molecule has 1 aromatic rings. The van der Waals surface area contributed by atoms with E-state index < -0.39 is 91.6 Å². The van der Waals surface area contributed by atoms with E-state index in [4.69, 9.17) is 28.4 Å². The third-order valence-electron chi connectivity index (χ3n) is 5.67. The van der Waals surface area contributed by atoms with E-state index in [-0.39, 0.29) is 6.61 Å².